The van der Waals surface area contributed by atoms with E-state index in [-0.39, 0.29) is 5.91 Å². The molecule has 23 heavy (non-hydrogen) atoms. The van der Waals surface area contributed by atoms with Crippen molar-refractivity contribution in [3.05, 3.63) is 56.5 Å². The molecule has 0 atom stereocenters. The van der Waals surface area contributed by atoms with E-state index in [9.17, 15) is 9.59 Å². The van der Waals surface area contributed by atoms with Crippen molar-refractivity contribution in [1.82, 2.24) is 20.4 Å². The van der Waals surface area contributed by atoms with Gasteiger partial charge in [0.15, 0.2) is 5.82 Å². The minimum atomic E-state index is -0.630. The van der Waals surface area contributed by atoms with Crippen LogP contribution in [0.5, 0.6) is 0 Å². The summed E-state index contributed by atoms with van der Waals surface area (Å²) >= 11 is 1.58. The molecular formula is C15H14N4O3S. The molecule has 0 aliphatic rings. The average Bonchev–Trinajstić information content (AvgIpc) is 3.16. The first-order valence-corrected chi connectivity index (χ1v) is 7.85. The molecule has 0 spiro atoms. The Labute approximate surface area is 135 Å². The first-order chi connectivity index (χ1) is 11.1. The number of H-pyrrole nitrogens is 1. The second-order valence-electron chi connectivity index (χ2n) is 4.89. The first-order valence-electron chi connectivity index (χ1n) is 6.97. The summed E-state index contributed by atoms with van der Waals surface area (Å²) in [4.78, 5) is 31.0. The van der Waals surface area contributed by atoms with E-state index in [0.717, 1.165) is 12.1 Å². The van der Waals surface area contributed by atoms with Gasteiger partial charge in [0, 0.05) is 29.0 Å². The Kier molecular flexibility index (Phi) is 4.33. The molecule has 0 saturated heterocycles. The third kappa shape index (κ3) is 3.54. The fourth-order valence-electron chi connectivity index (χ4n) is 2.12. The lowest BCUT2D eigenvalue weighted by molar-refractivity contribution is 0.0954. The molecule has 118 valence electrons. The predicted octanol–water partition coefficient (Wildman–Crippen LogP) is 1.77. The van der Waals surface area contributed by atoms with Gasteiger partial charge >= 0.3 is 5.76 Å². The van der Waals surface area contributed by atoms with E-state index >= 15 is 0 Å². The Morgan fingerprint density at radius 3 is 3.00 bits per heavy atom. The van der Waals surface area contributed by atoms with Crippen molar-refractivity contribution in [2.24, 2.45) is 0 Å². The number of aryl methyl sites for hydroxylation is 1. The van der Waals surface area contributed by atoms with Gasteiger partial charge in [0.05, 0.1) is 11.2 Å². The van der Waals surface area contributed by atoms with Crippen LogP contribution in [0, 0.1) is 6.92 Å². The Morgan fingerprint density at radius 1 is 1.43 bits per heavy atom. The zero-order chi connectivity index (χ0) is 16.2. The maximum atomic E-state index is 12.2. The van der Waals surface area contributed by atoms with Crippen LogP contribution in [-0.4, -0.2) is 27.6 Å². The van der Waals surface area contributed by atoms with Crippen molar-refractivity contribution in [2.45, 2.75) is 13.3 Å². The number of hydrogen-bond acceptors (Lipinski definition) is 6. The van der Waals surface area contributed by atoms with Gasteiger partial charge in [0.2, 0.25) is 0 Å². The fourth-order valence-corrected chi connectivity index (χ4v) is 2.90. The smallest absolute Gasteiger partial charge is 0.352 e. The predicted molar refractivity (Wildman–Crippen MR) is 85.4 cm³/mol. The van der Waals surface area contributed by atoms with Crippen molar-refractivity contribution in [1.29, 1.82) is 0 Å². The number of hydrogen-bond donors (Lipinski definition) is 2. The van der Waals surface area contributed by atoms with Crippen molar-refractivity contribution in [2.75, 3.05) is 6.54 Å². The number of nitrogens with zero attached hydrogens (tertiary/aromatic N) is 2. The molecule has 2 aromatic heterocycles. The van der Waals surface area contributed by atoms with Crippen molar-refractivity contribution in [3.63, 3.8) is 0 Å². The number of thiazole rings is 1. The number of amides is 1. The number of rotatable bonds is 5. The topological polar surface area (TPSA) is 101 Å². The van der Waals surface area contributed by atoms with E-state index in [4.69, 9.17) is 0 Å². The standard InChI is InChI=1S/C15H14N4O3S/c1-9-12(23-8-17-9)5-6-16-14(20)11-4-2-3-10(7-11)13-18-15(21)22-19-13/h2-4,7-8H,5-6H2,1H3,(H,16,20)(H,18,19,21). The molecule has 0 saturated carbocycles. The lowest BCUT2D eigenvalue weighted by atomic mass is 10.1. The van der Waals surface area contributed by atoms with Gasteiger partial charge in [-0.3, -0.25) is 14.3 Å². The largest absolute Gasteiger partial charge is 0.439 e. The zero-order valence-electron chi connectivity index (χ0n) is 12.3. The van der Waals surface area contributed by atoms with Crippen LogP contribution in [-0.2, 0) is 6.42 Å². The van der Waals surface area contributed by atoms with Gasteiger partial charge in [-0.25, -0.2) is 9.78 Å². The minimum Gasteiger partial charge on any atom is -0.352 e. The molecule has 3 rings (SSSR count). The summed E-state index contributed by atoms with van der Waals surface area (Å²) in [6.45, 7) is 2.49. The number of carbonyl (C=O) groups is 1. The maximum absolute atomic E-state index is 12.2. The van der Waals surface area contributed by atoms with Gasteiger partial charge in [0.25, 0.3) is 5.91 Å². The van der Waals surface area contributed by atoms with Gasteiger partial charge < -0.3 is 5.32 Å². The molecule has 7 nitrogen and oxygen atoms in total. The Morgan fingerprint density at radius 2 is 2.30 bits per heavy atom. The number of carbonyl (C=O) groups excluding carboxylic acids is 1. The van der Waals surface area contributed by atoms with Gasteiger partial charge in [-0.05, 0) is 19.1 Å². The van der Waals surface area contributed by atoms with Gasteiger partial charge in [-0.15, -0.1) is 11.3 Å². The van der Waals surface area contributed by atoms with Crippen LogP contribution in [0.2, 0.25) is 0 Å². The third-order valence-corrected chi connectivity index (χ3v) is 4.32. The van der Waals surface area contributed by atoms with E-state index in [1.807, 2.05) is 6.92 Å². The molecule has 0 unspecified atom stereocenters. The fraction of sp³-hybridized carbons (Fsp3) is 0.200. The van der Waals surface area contributed by atoms with E-state index in [1.54, 1.807) is 41.1 Å². The number of nitrogens with one attached hydrogen (secondary N) is 2. The molecule has 2 heterocycles. The summed E-state index contributed by atoms with van der Waals surface area (Å²) in [5.41, 5.74) is 3.91. The van der Waals surface area contributed by atoms with Crippen LogP contribution in [0.1, 0.15) is 20.9 Å². The van der Waals surface area contributed by atoms with E-state index in [2.05, 4.69) is 25.0 Å². The number of aromatic nitrogens is 3. The monoisotopic (exact) mass is 330 g/mol. The lowest BCUT2D eigenvalue weighted by Gasteiger charge is -2.05. The summed E-state index contributed by atoms with van der Waals surface area (Å²) in [5.74, 6) is -0.514. The van der Waals surface area contributed by atoms with Gasteiger partial charge in [-0.2, -0.15) is 0 Å². The van der Waals surface area contributed by atoms with E-state index in [0.29, 0.717) is 23.5 Å². The van der Waals surface area contributed by atoms with Crippen LogP contribution in [0.25, 0.3) is 11.4 Å². The average molecular weight is 330 g/mol. The molecule has 0 fully saturated rings. The lowest BCUT2D eigenvalue weighted by Crippen LogP contribution is -2.25. The highest BCUT2D eigenvalue weighted by molar-refractivity contribution is 7.09. The number of aromatic amines is 1. The van der Waals surface area contributed by atoms with Gasteiger partial charge in [-0.1, -0.05) is 17.3 Å². The van der Waals surface area contributed by atoms with Crippen molar-refractivity contribution < 1.29 is 9.32 Å². The van der Waals surface area contributed by atoms with Crippen LogP contribution in [0.15, 0.2) is 39.1 Å². The number of benzene rings is 1. The zero-order valence-corrected chi connectivity index (χ0v) is 13.1. The van der Waals surface area contributed by atoms with Gasteiger partial charge in [0.1, 0.15) is 0 Å². The third-order valence-electron chi connectivity index (χ3n) is 3.32. The van der Waals surface area contributed by atoms with Crippen molar-refractivity contribution >= 4 is 17.2 Å². The summed E-state index contributed by atoms with van der Waals surface area (Å²) in [6, 6.07) is 6.83. The van der Waals surface area contributed by atoms with Crippen LogP contribution in [0.4, 0.5) is 0 Å². The highest BCUT2D eigenvalue weighted by Crippen LogP contribution is 2.15. The first kappa shape index (κ1) is 15.2. The molecule has 2 N–H and O–H groups in total. The summed E-state index contributed by atoms with van der Waals surface area (Å²) in [5, 5.41) is 6.48. The van der Waals surface area contributed by atoms with Crippen LogP contribution >= 0.6 is 11.3 Å². The second-order valence-corrected chi connectivity index (χ2v) is 5.83. The molecular weight excluding hydrogens is 316 g/mol. The summed E-state index contributed by atoms with van der Waals surface area (Å²) in [6.07, 6.45) is 0.749. The molecule has 0 aliphatic heterocycles. The van der Waals surface area contributed by atoms with Crippen LogP contribution < -0.4 is 11.1 Å². The molecule has 0 aliphatic carbocycles. The molecule has 1 amide bonds. The Hall–Kier alpha value is -2.74. The summed E-state index contributed by atoms with van der Waals surface area (Å²) in [7, 11) is 0. The molecule has 1 aromatic carbocycles. The van der Waals surface area contributed by atoms with E-state index in [1.165, 1.54) is 4.88 Å². The molecule has 8 heteroatoms. The molecule has 3 aromatic rings. The Balaban J connectivity index is 1.65. The Bertz CT molecular complexity index is 880. The second kappa shape index (κ2) is 6.57. The van der Waals surface area contributed by atoms with E-state index < -0.39 is 5.76 Å². The van der Waals surface area contributed by atoms with Crippen LogP contribution in [0.3, 0.4) is 0 Å². The maximum Gasteiger partial charge on any atom is 0.439 e. The summed E-state index contributed by atoms with van der Waals surface area (Å²) < 4.78 is 4.47. The van der Waals surface area contributed by atoms with Crippen molar-refractivity contribution in [3.8, 4) is 11.4 Å². The SMILES string of the molecule is Cc1ncsc1CCNC(=O)c1cccc(-c2noc(=O)[nH]2)c1. The highest BCUT2D eigenvalue weighted by atomic mass is 32.1. The molecule has 0 bridgehead atoms. The quantitative estimate of drug-likeness (QED) is 0.742. The normalized spacial score (nSPS) is 10.7. The highest BCUT2D eigenvalue weighted by Gasteiger charge is 2.10. The molecule has 0 radical (unpaired) electrons. The minimum absolute atomic E-state index is 0.181.